The predicted molar refractivity (Wildman–Crippen MR) is 72.1 cm³/mol. The first-order valence-corrected chi connectivity index (χ1v) is 6.14. The van der Waals surface area contributed by atoms with E-state index < -0.39 is 0 Å². The average Bonchev–Trinajstić information content (AvgIpc) is 2.76. The van der Waals surface area contributed by atoms with E-state index in [-0.39, 0.29) is 23.6 Å². The maximum absolute atomic E-state index is 12.0. The molecule has 1 aromatic heterocycles. The van der Waals surface area contributed by atoms with E-state index in [4.69, 9.17) is 15.2 Å². The summed E-state index contributed by atoms with van der Waals surface area (Å²) in [5.41, 5.74) is 7.28. The Morgan fingerprint density at radius 3 is 2.63 bits per heavy atom. The van der Waals surface area contributed by atoms with Crippen molar-refractivity contribution in [3.05, 3.63) is 11.4 Å². The summed E-state index contributed by atoms with van der Waals surface area (Å²) in [5, 5.41) is 9.46. The number of nitrogens with one attached hydrogen (secondary N) is 2. The molecule has 1 aromatic rings. The molecule has 1 amide bonds. The van der Waals surface area contributed by atoms with Crippen LogP contribution in [-0.4, -0.2) is 49.6 Å². The molecule has 0 fully saturated rings. The third kappa shape index (κ3) is 3.93. The lowest BCUT2D eigenvalue weighted by molar-refractivity contribution is 0.0285. The van der Waals surface area contributed by atoms with E-state index in [2.05, 4.69) is 15.5 Å². The van der Waals surface area contributed by atoms with Crippen molar-refractivity contribution < 1.29 is 14.3 Å². The zero-order valence-corrected chi connectivity index (χ0v) is 11.8. The molecule has 0 bridgehead atoms. The summed E-state index contributed by atoms with van der Waals surface area (Å²) in [6, 6.07) is 0. The summed E-state index contributed by atoms with van der Waals surface area (Å²) in [7, 11) is 3.14. The molecule has 0 spiro atoms. The fourth-order valence-electron chi connectivity index (χ4n) is 1.66. The van der Waals surface area contributed by atoms with Crippen LogP contribution in [0.3, 0.4) is 0 Å². The summed E-state index contributed by atoms with van der Waals surface area (Å²) in [6.45, 7) is 4.70. The molecule has 19 heavy (non-hydrogen) atoms. The van der Waals surface area contributed by atoms with E-state index in [0.29, 0.717) is 18.8 Å². The first-order chi connectivity index (χ1) is 9.01. The maximum atomic E-state index is 12.0. The molecule has 4 N–H and O–H groups in total. The Labute approximate surface area is 112 Å². The second-order valence-corrected chi connectivity index (χ2v) is 4.58. The van der Waals surface area contributed by atoms with Crippen LogP contribution in [0.1, 0.15) is 35.9 Å². The lowest BCUT2D eigenvalue weighted by Gasteiger charge is -2.14. The molecule has 0 saturated carbocycles. The first-order valence-electron chi connectivity index (χ1n) is 6.14. The van der Waals surface area contributed by atoms with E-state index in [1.165, 1.54) is 0 Å². The number of carbonyl (C=O) groups is 1. The zero-order valence-electron chi connectivity index (χ0n) is 11.8. The van der Waals surface area contributed by atoms with Crippen LogP contribution in [0, 0.1) is 0 Å². The molecular weight excluding hydrogens is 248 g/mol. The third-order valence-electron chi connectivity index (χ3n) is 2.80. The lowest BCUT2D eigenvalue weighted by atomic mass is 10.1. The van der Waals surface area contributed by atoms with Gasteiger partial charge in [0.1, 0.15) is 0 Å². The Bertz CT molecular complexity index is 417. The number of amides is 1. The van der Waals surface area contributed by atoms with Crippen LogP contribution >= 0.6 is 0 Å². The molecular formula is C12H22N4O3. The molecule has 0 aliphatic rings. The highest BCUT2D eigenvalue weighted by molar-refractivity contribution is 5.97. The second-order valence-electron chi connectivity index (χ2n) is 4.58. The van der Waals surface area contributed by atoms with Crippen molar-refractivity contribution in [2.75, 3.05) is 33.1 Å². The molecule has 0 radical (unpaired) electrons. The van der Waals surface area contributed by atoms with E-state index in [9.17, 15) is 4.79 Å². The number of nitrogen functional groups attached to an aromatic ring is 1. The van der Waals surface area contributed by atoms with Crippen LogP contribution in [0.5, 0.6) is 0 Å². The summed E-state index contributed by atoms with van der Waals surface area (Å²) < 4.78 is 10.1. The van der Waals surface area contributed by atoms with Crippen LogP contribution < -0.4 is 11.1 Å². The number of methoxy groups -OCH3 is 2. The molecule has 1 heterocycles. The minimum atomic E-state index is -0.321. The standard InChI is InChI=1S/C12H22N4O3/c1-7(2)10-9(13)11(16-15-10)12(17)14-5-8(19-4)6-18-3/h7-8H,5-6,13H2,1-4H3,(H,14,17)(H,15,16). The Morgan fingerprint density at radius 2 is 2.16 bits per heavy atom. The summed E-state index contributed by atoms with van der Waals surface area (Å²) in [6.07, 6.45) is -0.196. The van der Waals surface area contributed by atoms with Crippen molar-refractivity contribution in [3.8, 4) is 0 Å². The maximum Gasteiger partial charge on any atom is 0.274 e. The predicted octanol–water partition coefficient (Wildman–Crippen LogP) is 0.507. The molecule has 1 atom stereocenters. The van der Waals surface area contributed by atoms with Crippen LogP contribution in [0.4, 0.5) is 5.69 Å². The number of anilines is 1. The molecule has 7 nitrogen and oxygen atoms in total. The van der Waals surface area contributed by atoms with Gasteiger partial charge in [-0.25, -0.2) is 0 Å². The van der Waals surface area contributed by atoms with Gasteiger partial charge in [0.2, 0.25) is 0 Å². The quantitative estimate of drug-likeness (QED) is 0.670. The first kappa shape index (κ1) is 15.5. The molecule has 0 saturated heterocycles. The molecule has 0 aliphatic heterocycles. The molecule has 7 heteroatoms. The van der Waals surface area contributed by atoms with E-state index in [1.807, 2.05) is 13.8 Å². The van der Waals surface area contributed by atoms with Crippen molar-refractivity contribution >= 4 is 11.6 Å². The van der Waals surface area contributed by atoms with Gasteiger partial charge in [-0.2, -0.15) is 5.10 Å². The van der Waals surface area contributed by atoms with Crippen molar-refractivity contribution in [1.29, 1.82) is 0 Å². The largest absolute Gasteiger partial charge is 0.395 e. The van der Waals surface area contributed by atoms with Gasteiger partial charge in [-0.3, -0.25) is 9.89 Å². The fraction of sp³-hybridized carbons (Fsp3) is 0.667. The smallest absolute Gasteiger partial charge is 0.274 e. The Hall–Kier alpha value is -1.60. The van der Waals surface area contributed by atoms with Gasteiger partial charge < -0.3 is 20.5 Å². The molecule has 108 valence electrons. The van der Waals surface area contributed by atoms with E-state index in [0.717, 1.165) is 5.69 Å². The van der Waals surface area contributed by atoms with Gasteiger partial charge in [-0.05, 0) is 5.92 Å². The topological polar surface area (TPSA) is 102 Å². The monoisotopic (exact) mass is 270 g/mol. The number of aromatic amines is 1. The van der Waals surface area contributed by atoms with Crippen molar-refractivity contribution in [3.63, 3.8) is 0 Å². The minimum Gasteiger partial charge on any atom is -0.395 e. The van der Waals surface area contributed by atoms with E-state index in [1.54, 1.807) is 14.2 Å². The van der Waals surface area contributed by atoms with Crippen molar-refractivity contribution in [2.24, 2.45) is 0 Å². The number of hydrogen-bond acceptors (Lipinski definition) is 5. The van der Waals surface area contributed by atoms with Gasteiger partial charge in [-0.1, -0.05) is 13.8 Å². The van der Waals surface area contributed by atoms with Gasteiger partial charge >= 0.3 is 0 Å². The molecule has 0 aliphatic carbocycles. The second kappa shape index (κ2) is 7.10. The van der Waals surface area contributed by atoms with Crippen molar-refractivity contribution in [2.45, 2.75) is 25.9 Å². The Morgan fingerprint density at radius 1 is 1.47 bits per heavy atom. The third-order valence-corrected chi connectivity index (χ3v) is 2.80. The molecule has 0 aromatic carbocycles. The Balaban J connectivity index is 2.63. The highest BCUT2D eigenvalue weighted by Crippen LogP contribution is 2.21. The van der Waals surface area contributed by atoms with Crippen LogP contribution in [0.2, 0.25) is 0 Å². The van der Waals surface area contributed by atoms with Gasteiger partial charge in [0.15, 0.2) is 5.69 Å². The molecule has 1 unspecified atom stereocenters. The van der Waals surface area contributed by atoms with Crippen LogP contribution in [-0.2, 0) is 9.47 Å². The fourth-order valence-corrected chi connectivity index (χ4v) is 1.66. The number of ether oxygens (including phenoxy) is 2. The number of nitrogens with two attached hydrogens (primary N) is 1. The molecule has 1 rings (SSSR count). The lowest BCUT2D eigenvalue weighted by Crippen LogP contribution is -2.36. The summed E-state index contributed by atoms with van der Waals surface area (Å²) >= 11 is 0. The van der Waals surface area contributed by atoms with E-state index >= 15 is 0 Å². The van der Waals surface area contributed by atoms with Crippen LogP contribution in [0.25, 0.3) is 0 Å². The number of aromatic nitrogens is 2. The number of hydrogen-bond donors (Lipinski definition) is 3. The number of H-pyrrole nitrogens is 1. The summed E-state index contributed by atoms with van der Waals surface area (Å²) in [4.78, 5) is 12.0. The van der Waals surface area contributed by atoms with Crippen molar-refractivity contribution in [1.82, 2.24) is 15.5 Å². The number of rotatable bonds is 7. The average molecular weight is 270 g/mol. The zero-order chi connectivity index (χ0) is 14.4. The Kier molecular flexibility index (Phi) is 5.78. The highest BCUT2D eigenvalue weighted by Gasteiger charge is 2.19. The normalized spacial score (nSPS) is 12.7. The van der Waals surface area contributed by atoms with Gasteiger partial charge in [0.25, 0.3) is 5.91 Å². The van der Waals surface area contributed by atoms with Gasteiger partial charge in [0.05, 0.1) is 24.1 Å². The number of carbonyl (C=O) groups excluding carboxylic acids is 1. The van der Waals surface area contributed by atoms with Crippen LogP contribution in [0.15, 0.2) is 0 Å². The minimum absolute atomic E-state index is 0.189. The summed E-state index contributed by atoms with van der Waals surface area (Å²) in [5.74, 6) is -0.131. The highest BCUT2D eigenvalue weighted by atomic mass is 16.5. The van der Waals surface area contributed by atoms with Gasteiger partial charge in [-0.15, -0.1) is 0 Å². The SMILES string of the molecule is COCC(CNC(=O)c1n[nH]c(C(C)C)c1N)OC. The number of nitrogens with zero attached hydrogens (tertiary/aromatic N) is 1. The van der Waals surface area contributed by atoms with Gasteiger partial charge in [0, 0.05) is 20.8 Å².